The van der Waals surface area contributed by atoms with Gasteiger partial charge < -0.3 is 9.84 Å². The van der Waals surface area contributed by atoms with Gasteiger partial charge in [-0.1, -0.05) is 12.1 Å². The van der Waals surface area contributed by atoms with Crippen molar-refractivity contribution in [3.8, 4) is 11.1 Å². The summed E-state index contributed by atoms with van der Waals surface area (Å²) in [5.74, 6) is -2.70. The number of aromatic carboxylic acids is 1. The highest BCUT2D eigenvalue weighted by Crippen LogP contribution is 2.31. The third-order valence-electron chi connectivity index (χ3n) is 2.88. The third-order valence-corrected chi connectivity index (χ3v) is 2.88. The van der Waals surface area contributed by atoms with Gasteiger partial charge in [-0.3, -0.25) is 0 Å². The zero-order valence-corrected chi connectivity index (χ0v) is 10.7. The third kappa shape index (κ3) is 2.67. The Morgan fingerprint density at radius 1 is 1.25 bits per heavy atom. The van der Waals surface area contributed by atoms with Gasteiger partial charge in [0, 0.05) is 24.3 Å². The van der Waals surface area contributed by atoms with E-state index in [-0.39, 0.29) is 23.3 Å². The maximum Gasteiger partial charge on any atom is 0.336 e. The smallest absolute Gasteiger partial charge is 0.336 e. The minimum absolute atomic E-state index is 0.0384. The standard InChI is InChI=1S/C15H12F2O3/c1-20-8-9-3-2-4-12(15(18)19)14(9)11-6-5-10(16)7-13(11)17/h2-7H,8H2,1H3,(H,18,19). The molecule has 5 heteroatoms. The van der Waals surface area contributed by atoms with Gasteiger partial charge in [-0.2, -0.15) is 0 Å². The van der Waals surface area contributed by atoms with E-state index < -0.39 is 17.6 Å². The van der Waals surface area contributed by atoms with Gasteiger partial charge in [0.2, 0.25) is 0 Å². The van der Waals surface area contributed by atoms with Gasteiger partial charge in [0.1, 0.15) is 11.6 Å². The van der Waals surface area contributed by atoms with Gasteiger partial charge in [0.15, 0.2) is 0 Å². The van der Waals surface area contributed by atoms with Crippen LogP contribution in [0, 0.1) is 11.6 Å². The van der Waals surface area contributed by atoms with E-state index in [4.69, 9.17) is 4.74 Å². The number of benzene rings is 2. The molecule has 2 aromatic rings. The lowest BCUT2D eigenvalue weighted by Crippen LogP contribution is -2.04. The first-order valence-corrected chi connectivity index (χ1v) is 5.84. The molecule has 2 aromatic carbocycles. The molecule has 0 radical (unpaired) electrons. The Balaban J connectivity index is 2.72. The molecule has 0 aliphatic heterocycles. The fourth-order valence-electron chi connectivity index (χ4n) is 2.06. The fraction of sp³-hybridized carbons (Fsp3) is 0.133. The van der Waals surface area contributed by atoms with Crippen LogP contribution in [0.4, 0.5) is 8.78 Å². The van der Waals surface area contributed by atoms with Crippen LogP contribution in [0.3, 0.4) is 0 Å². The number of carboxylic acids is 1. The molecule has 0 saturated carbocycles. The topological polar surface area (TPSA) is 46.5 Å². The summed E-state index contributed by atoms with van der Waals surface area (Å²) < 4.78 is 31.9. The van der Waals surface area contributed by atoms with Crippen LogP contribution in [-0.4, -0.2) is 18.2 Å². The quantitative estimate of drug-likeness (QED) is 0.931. The Morgan fingerprint density at radius 3 is 2.60 bits per heavy atom. The minimum Gasteiger partial charge on any atom is -0.478 e. The first-order chi connectivity index (χ1) is 9.54. The normalized spacial score (nSPS) is 10.6. The molecular formula is C15H12F2O3. The Kier molecular flexibility index (Phi) is 4.10. The van der Waals surface area contributed by atoms with Gasteiger partial charge in [0.25, 0.3) is 0 Å². The molecule has 0 fully saturated rings. The van der Waals surface area contributed by atoms with Crippen molar-refractivity contribution in [1.82, 2.24) is 0 Å². The second kappa shape index (κ2) is 5.79. The fourth-order valence-corrected chi connectivity index (χ4v) is 2.06. The number of carboxylic acid groups (broad SMARTS) is 1. The second-order valence-corrected chi connectivity index (χ2v) is 4.20. The lowest BCUT2D eigenvalue weighted by atomic mass is 9.94. The maximum absolute atomic E-state index is 13.9. The minimum atomic E-state index is -1.18. The first-order valence-electron chi connectivity index (χ1n) is 5.84. The Labute approximate surface area is 114 Å². The monoisotopic (exact) mass is 278 g/mol. The van der Waals surface area contributed by atoms with Crippen LogP contribution in [0.15, 0.2) is 36.4 Å². The van der Waals surface area contributed by atoms with Crippen molar-refractivity contribution >= 4 is 5.97 Å². The second-order valence-electron chi connectivity index (χ2n) is 4.20. The number of hydrogen-bond donors (Lipinski definition) is 1. The summed E-state index contributed by atoms with van der Waals surface area (Å²) in [7, 11) is 1.46. The summed E-state index contributed by atoms with van der Waals surface area (Å²) in [6.07, 6.45) is 0. The van der Waals surface area contributed by atoms with Crippen molar-refractivity contribution in [2.75, 3.05) is 7.11 Å². The molecule has 104 valence electrons. The van der Waals surface area contributed by atoms with Crippen LogP contribution in [0.5, 0.6) is 0 Å². The molecule has 2 rings (SSSR count). The molecule has 0 saturated heterocycles. The summed E-state index contributed by atoms with van der Waals surface area (Å²) in [6, 6.07) is 7.63. The number of carbonyl (C=O) groups is 1. The van der Waals surface area contributed by atoms with Crippen molar-refractivity contribution in [3.63, 3.8) is 0 Å². The summed E-state index contributed by atoms with van der Waals surface area (Å²) in [4.78, 5) is 11.3. The van der Waals surface area contributed by atoms with E-state index in [0.717, 1.165) is 12.1 Å². The van der Waals surface area contributed by atoms with E-state index in [1.807, 2.05) is 0 Å². The van der Waals surface area contributed by atoms with Crippen molar-refractivity contribution in [1.29, 1.82) is 0 Å². The Bertz CT molecular complexity index is 654. The van der Waals surface area contributed by atoms with E-state index in [1.54, 1.807) is 12.1 Å². The van der Waals surface area contributed by atoms with Gasteiger partial charge >= 0.3 is 5.97 Å². The SMILES string of the molecule is COCc1cccc(C(=O)O)c1-c1ccc(F)cc1F. The molecule has 3 nitrogen and oxygen atoms in total. The highest BCUT2D eigenvalue weighted by Gasteiger charge is 2.18. The molecule has 0 aromatic heterocycles. The summed E-state index contributed by atoms with van der Waals surface area (Å²) in [5, 5.41) is 9.23. The van der Waals surface area contributed by atoms with Crippen LogP contribution >= 0.6 is 0 Å². The number of hydrogen-bond acceptors (Lipinski definition) is 2. The number of ether oxygens (including phenoxy) is 1. The molecule has 0 atom stereocenters. The maximum atomic E-state index is 13.9. The van der Waals surface area contributed by atoms with Crippen molar-refractivity contribution < 1.29 is 23.4 Å². The predicted molar refractivity (Wildman–Crippen MR) is 69.5 cm³/mol. The van der Waals surface area contributed by atoms with Gasteiger partial charge in [-0.25, -0.2) is 13.6 Å². The molecule has 0 spiro atoms. The van der Waals surface area contributed by atoms with Gasteiger partial charge in [-0.05, 0) is 23.8 Å². The molecule has 0 aliphatic rings. The molecule has 0 amide bonds. The summed E-state index contributed by atoms with van der Waals surface area (Å²) >= 11 is 0. The van der Waals surface area contributed by atoms with E-state index >= 15 is 0 Å². The zero-order chi connectivity index (χ0) is 14.7. The van der Waals surface area contributed by atoms with E-state index in [2.05, 4.69) is 0 Å². The number of halogens is 2. The van der Waals surface area contributed by atoms with Gasteiger partial charge in [-0.15, -0.1) is 0 Å². The van der Waals surface area contributed by atoms with E-state index in [0.29, 0.717) is 5.56 Å². The van der Waals surface area contributed by atoms with Crippen molar-refractivity contribution in [2.24, 2.45) is 0 Å². The highest BCUT2D eigenvalue weighted by atomic mass is 19.1. The average molecular weight is 278 g/mol. The van der Waals surface area contributed by atoms with Crippen LogP contribution < -0.4 is 0 Å². The predicted octanol–water partition coefficient (Wildman–Crippen LogP) is 3.48. The first kappa shape index (κ1) is 14.1. The van der Waals surface area contributed by atoms with Crippen LogP contribution in [0.2, 0.25) is 0 Å². The van der Waals surface area contributed by atoms with Gasteiger partial charge in [0.05, 0.1) is 12.2 Å². The molecular weight excluding hydrogens is 266 g/mol. The van der Waals surface area contributed by atoms with Crippen LogP contribution in [0.1, 0.15) is 15.9 Å². The molecule has 0 heterocycles. The van der Waals surface area contributed by atoms with E-state index in [9.17, 15) is 18.7 Å². The number of rotatable bonds is 4. The number of methoxy groups -OCH3 is 1. The van der Waals surface area contributed by atoms with E-state index in [1.165, 1.54) is 19.2 Å². The lowest BCUT2D eigenvalue weighted by molar-refractivity contribution is 0.0697. The molecule has 1 N–H and O–H groups in total. The largest absolute Gasteiger partial charge is 0.478 e. The Hall–Kier alpha value is -2.27. The van der Waals surface area contributed by atoms with Crippen molar-refractivity contribution in [2.45, 2.75) is 6.61 Å². The zero-order valence-electron chi connectivity index (χ0n) is 10.7. The Morgan fingerprint density at radius 2 is 2.00 bits per heavy atom. The molecule has 0 aliphatic carbocycles. The van der Waals surface area contributed by atoms with Crippen LogP contribution in [0.25, 0.3) is 11.1 Å². The molecule has 0 unspecified atom stereocenters. The average Bonchev–Trinajstić information content (AvgIpc) is 2.39. The summed E-state index contributed by atoms with van der Waals surface area (Å²) in [6.45, 7) is 0.132. The summed E-state index contributed by atoms with van der Waals surface area (Å²) in [5.41, 5.74) is 0.721. The lowest BCUT2D eigenvalue weighted by Gasteiger charge is -2.13. The molecule has 20 heavy (non-hydrogen) atoms. The molecule has 0 bridgehead atoms. The van der Waals surface area contributed by atoms with Crippen LogP contribution in [-0.2, 0) is 11.3 Å². The van der Waals surface area contributed by atoms with Crippen molar-refractivity contribution in [3.05, 3.63) is 59.2 Å². The highest BCUT2D eigenvalue weighted by molar-refractivity contribution is 5.97.